The summed E-state index contributed by atoms with van der Waals surface area (Å²) in [7, 11) is 1.51. The minimum Gasteiger partial charge on any atom is -0.394 e. The Balaban J connectivity index is 2.25. The maximum absolute atomic E-state index is 11.8. The number of nitrogens with one attached hydrogen (secondary N) is 2. The van der Waals surface area contributed by atoms with E-state index in [2.05, 4.69) is 9.97 Å². The molecule has 2 heterocycles. The van der Waals surface area contributed by atoms with Gasteiger partial charge in [0.05, 0.1) is 25.4 Å². The lowest BCUT2D eigenvalue weighted by atomic mass is 10.0. The fraction of sp³-hybridized carbons (Fsp3) is 0.667. The fourth-order valence-corrected chi connectivity index (χ4v) is 2.22. The number of rotatable bonds is 6. The van der Waals surface area contributed by atoms with Crippen molar-refractivity contribution in [3.63, 3.8) is 0 Å². The van der Waals surface area contributed by atoms with Crippen LogP contribution in [0.25, 0.3) is 0 Å². The van der Waals surface area contributed by atoms with Gasteiger partial charge in [0.25, 0.3) is 5.56 Å². The Bertz CT molecular complexity index is 569. The average molecular weight is 302 g/mol. The number of aromatic nitrogens is 2. The number of hydrogen-bond donors (Lipinski definition) is 4. The molecule has 1 aromatic rings. The molecule has 0 radical (unpaired) electrons. The van der Waals surface area contributed by atoms with Crippen molar-refractivity contribution >= 4 is 0 Å². The summed E-state index contributed by atoms with van der Waals surface area (Å²) in [6, 6.07) is 0. The van der Waals surface area contributed by atoms with Crippen molar-refractivity contribution in [2.45, 2.75) is 24.4 Å². The standard InChI is InChI=1S/C12H18N2O7/c1-19-2-3-20-10-8(16)7(5-15)21-9(10)6-4-13-12(18)14-11(6)17/h4,7-10,15-16H,2-3,5H2,1H3,(H2,13,14,17,18)/t7-,8?,9+,10?/m1/s1. The molecule has 21 heavy (non-hydrogen) atoms. The van der Waals surface area contributed by atoms with Crippen molar-refractivity contribution in [2.75, 3.05) is 26.9 Å². The minimum absolute atomic E-state index is 0.118. The lowest BCUT2D eigenvalue weighted by Crippen LogP contribution is -2.36. The van der Waals surface area contributed by atoms with E-state index in [1.807, 2.05) is 0 Å². The number of methoxy groups -OCH3 is 1. The summed E-state index contributed by atoms with van der Waals surface area (Å²) >= 11 is 0. The normalized spacial score (nSPS) is 28.9. The molecule has 4 atom stereocenters. The van der Waals surface area contributed by atoms with Crippen LogP contribution < -0.4 is 11.2 Å². The average Bonchev–Trinajstić information content (AvgIpc) is 2.76. The molecule has 1 aliphatic rings. The first-order valence-electron chi connectivity index (χ1n) is 6.45. The molecular formula is C12H18N2O7. The molecule has 1 aromatic heterocycles. The lowest BCUT2D eigenvalue weighted by molar-refractivity contribution is -0.0535. The van der Waals surface area contributed by atoms with Gasteiger partial charge >= 0.3 is 5.69 Å². The van der Waals surface area contributed by atoms with Gasteiger partial charge in [0, 0.05) is 13.3 Å². The van der Waals surface area contributed by atoms with Crippen molar-refractivity contribution in [3.8, 4) is 0 Å². The van der Waals surface area contributed by atoms with Gasteiger partial charge in [-0.15, -0.1) is 0 Å². The third-order valence-corrected chi connectivity index (χ3v) is 3.27. The molecule has 0 bridgehead atoms. The highest BCUT2D eigenvalue weighted by molar-refractivity contribution is 5.13. The summed E-state index contributed by atoms with van der Waals surface area (Å²) in [5.41, 5.74) is -1.15. The molecule has 9 heteroatoms. The van der Waals surface area contributed by atoms with Gasteiger partial charge in [-0.3, -0.25) is 9.78 Å². The van der Waals surface area contributed by atoms with Gasteiger partial charge in [0.1, 0.15) is 24.4 Å². The molecule has 1 aliphatic heterocycles. The number of H-pyrrole nitrogens is 2. The molecule has 1 saturated heterocycles. The Hall–Kier alpha value is -1.52. The van der Waals surface area contributed by atoms with Crippen LogP contribution in [0, 0.1) is 0 Å². The molecular weight excluding hydrogens is 284 g/mol. The van der Waals surface area contributed by atoms with Crippen molar-refractivity contribution in [2.24, 2.45) is 0 Å². The van der Waals surface area contributed by atoms with Crippen molar-refractivity contribution in [1.29, 1.82) is 0 Å². The molecule has 118 valence electrons. The van der Waals surface area contributed by atoms with Crippen molar-refractivity contribution < 1.29 is 24.4 Å². The molecule has 2 unspecified atom stereocenters. The van der Waals surface area contributed by atoms with Crippen LogP contribution in [0.15, 0.2) is 15.8 Å². The second-order valence-corrected chi connectivity index (χ2v) is 4.62. The predicted molar refractivity (Wildman–Crippen MR) is 70.0 cm³/mol. The van der Waals surface area contributed by atoms with Gasteiger partial charge in [0.15, 0.2) is 0 Å². The highest BCUT2D eigenvalue weighted by Crippen LogP contribution is 2.33. The summed E-state index contributed by atoms with van der Waals surface area (Å²) in [6.45, 7) is 0.0856. The van der Waals surface area contributed by atoms with Crippen LogP contribution >= 0.6 is 0 Å². The Labute approximate surface area is 119 Å². The highest BCUT2D eigenvalue weighted by Gasteiger charge is 2.45. The van der Waals surface area contributed by atoms with Crippen LogP contribution in [0.3, 0.4) is 0 Å². The highest BCUT2D eigenvalue weighted by atomic mass is 16.6. The predicted octanol–water partition coefficient (Wildman–Crippen LogP) is -2.11. The van der Waals surface area contributed by atoms with E-state index in [4.69, 9.17) is 14.2 Å². The van der Waals surface area contributed by atoms with Gasteiger partial charge in [-0.05, 0) is 0 Å². The molecule has 2 rings (SSSR count). The quantitative estimate of drug-likeness (QED) is 0.442. The molecule has 0 amide bonds. The van der Waals surface area contributed by atoms with Gasteiger partial charge in [-0.25, -0.2) is 4.79 Å². The summed E-state index contributed by atoms with van der Waals surface area (Å²) < 4.78 is 15.8. The fourth-order valence-electron chi connectivity index (χ4n) is 2.22. The Morgan fingerprint density at radius 3 is 2.76 bits per heavy atom. The molecule has 1 fully saturated rings. The number of hydrogen-bond acceptors (Lipinski definition) is 7. The van der Waals surface area contributed by atoms with Crippen molar-refractivity contribution in [3.05, 3.63) is 32.6 Å². The Morgan fingerprint density at radius 1 is 1.38 bits per heavy atom. The van der Waals surface area contributed by atoms with Gasteiger partial charge < -0.3 is 29.4 Å². The van der Waals surface area contributed by atoms with Crippen LogP contribution in [0.4, 0.5) is 0 Å². The first-order chi connectivity index (χ1) is 10.1. The van der Waals surface area contributed by atoms with E-state index in [0.717, 1.165) is 0 Å². The minimum atomic E-state index is -1.09. The summed E-state index contributed by atoms with van der Waals surface area (Å²) in [5, 5.41) is 19.3. The van der Waals surface area contributed by atoms with Gasteiger partial charge in [-0.1, -0.05) is 0 Å². The first kappa shape index (κ1) is 15.9. The van der Waals surface area contributed by atoms with Gasteiger partial charge in [-0.2, -0.15) is 0 Å². The summed E-state index contributed by atoms with van der Waals surface area (Å²) in [6.07, 6.45) is -2.48. The maximum atomic E-state index is 11.8. The molecule has 0 aliphatic carbocycles. The molecule has 4 N–H and O–H groups in total. The number of aliphatic hydroxyl groups excluding tert-OH is 2. The third-order valence-electron chi connectivity index (χ3n) is 3.27. The molecule has 0 aromatic carbocycles. The van der Waals surface area contributed by atoms with E-state index < -0.39 is 42.3 Å². The molecule has 0 saturated carbocycles. The second kappa shape index (κ2) is 6.96. The Kier molecular flexibility index (Phi) is 5.26. The van der Waals surface area contributed by atoms with E-state index >= 15 is 0 Å². The van der Waals surface area contributed by atoms with E-state index in [9.17, 15) is 19.8 Å². The van der Waals surface area contributed by atoms with E-state index in [0.29, 0.717) is 6.61 Å². The number of ether oxygens (including phenoxy) is 3. The topological polar surface area (TPSA) is 134 Å². The van der Waals surface area contributed by atoms with Gasteiger partial charge in [0.2, 0.25) is 0 Å². The monoisotopic (exact) mass is 302 g/mol. The SMILES string of the molecule is COCCOC1C(O)[C@@H](CO)O[C@H]1c1c[nH]c(=O)[nH]c1=O. The summed E-state index contributed by atoms with van der Waals surface area (Å²) in [4.78, 5) is 27.3. The zero-order valence-electron chi connectivity index (χ0n) is 11.4. The van der Waals surface area contributed by atoms with Crippen LogP contribution in [-0.2, 0) is 14.2 Å². The Morgan fingerprint density at radius 2 is 2.14 bits per heavy atom. The smallest absolute Gasteiger partial charge is 0.325 e. The van der Waals surface area contributed by atoms with Crippen LogP contribution in [0.2, 0.25) is 0 Å². The summed E-state index contributed by atoms with van der Waals surface area (Å²) in [5.74, 6) is 0. The molecule has 9 nitrogen and oxygen atoms in total. The zero-order valence-corrected chi connectivity index (χ0v) is 11.4. The van der Waals surface area contributed by atoms with Crippen molar-refractivity contribution in [1.82, 2.24) is 9.97 Å². The van der Waals surface area contributed by atoms with E-state index in [1.165, 1.54) is 13.3 Å². The third kappa shape index (κ3) is 3.39. The van der Waals surface area contributed by atoms with Crippen LogP contribution in [0.1, 0.15) is 11.7 Å². The van der Waals surface area contributed by atoms with Crippen LogP contribution in [0.5, 0.6) is 0 Å². The second-order valence-electron chi connectivity index (χ2n) is 4.62. The maximum Gasteiger partial charge on any atom is 0.325 e. The zero-order chi connectivity index (χ0) is 15.4. The van der Waals surface area contributed by atoms with E-state index in [-0.39, 0.29) is 12.2 Å². The lowest BCUT2D eigenvalue weighted by Gasteiger charge is -2.20. The van der Waals surface area contributed by atoms with E-state index in [1.54, 1.807) is 0 Å². The van der Waals surface area contributed by atoms with Crippen LogP contribution in [-0.4, -0.2) is 65.4 Å². The number of aromatic amines is 2. The largest absolute Gasteiger partial charge is 0.394 e. The number of aliphatic hydroxyl groups is 2. The first-order valence-corrected chi connectivity index (χ1v) is 6.45. The molecule has 0 spiro atoms.